The molecule has 5 nitrogen and oxygen atoms in total. The van der Waals surface area contributed by atoms with Crippen LogP contribution in [0.25, 0.3) is 10.8 Å². The van der Waals surface area contributed by atoms with Gasteiger partial charge in [0, 0.05) is 18.0 Å². The lowest BCUT2D eigenvalue weighted by molar-refractivity contribution is -0.121. The molecule has 2 rings (SSSR count). The van der Waals surface area contributed by atoms with Gasteiger partial charge in [-0.25, -0.2) is 4.98 Å². The van der Waals surface area contributed by atoms with Crippen molar-refractivity contribution in [2.75, 3.05) is 6.61 Å². The number of furan rings is 1. The van der Waals surface area contributed by atoms with Crippen molar-refractivity contribution in [2.45, 2.75) is 33.2 Å². The summed E-state index contributed by atoms with van der Waals surface area (Å²) >= 11 is 1.46. The normalized spacial score (nSPS) is 13.9. The number of carbonyl (C=O) groups excluding carboxylic acids is 1. The number of aryl methyl sites for hydroxylation is 1. The number of hydrogen-bond acceptors (Lipinski definition) is 5. The smallest absolute Gasteiger partial charge is 0.226 e. The van der Waals surface area contributed by atoms with E-state index in [9.17, 15) is 4.79 Å². The van der Waals surface area contributed by atoms with Gasteiger partial charge in [-0.1, -0.05) is 6.92 Å². The zero-order chi connectivity index (χ0) is 15.4. The van der Waals surface area contributed by atoms with Gasteiger partial charge in [0.2, 0.25) is 5.91 Å². The SMILES string of the molecule is Cc1ccc(-c2nc(CC(=O)NC(C)C(C)CO)cs2)o1. The minimum Gasteiger partial charge on any atom is -0.459 e. The summed E-state index contributed by atoms with van der Waals surface area (Å²) in [6.45, 7) is 5.72. The van der Waals surface area contributed by atoms with Crippen molar-refractivity contribution < 1.29 is 14.3 Å². The lowest BCUT2D eigenvalue weighted by Gasteiger charge is -2.18. The molecule has 0 aliphatic carbocycles. The molecular formula is C15H20N2O3S. The first-order chi connectivity index (χ1) is 9.99. The number of aliphatic hydroxyl groups excluding tert-OH is 1. The maximum atomic E-state index is 11.9. The monoisotopic (exact) mass is 308 g/mol. The number of carbonyl (C=O) groups is 1. The van der Waals surface area contributed by atoms with Crippen LogP contribution in [0.5, 0.6) is 0 Å². The van der Waals surface area contributed by atoms with Crippen LogP contribution >= 0.6 is 11.3 Å². The quantitative estimate of drug-likeness (QED) is 0.859. The molecule has 21 heavy (non-hydrogen) atoms. The lowest BCUT2D eigenvalue weighted by Crippen LogP contribution is -2.39. The largest absolute Gasteiger partial charge is 0.459 e. The molecule has 0 aliphatic heterocycles. The van der Waals surface area contributed by atoms with Gasteiger partial charge >= 0.3 is 0 Å². The molecule has 1 amide bonds. The Morgan fingerprint density at radius 2 is 2.24 bits per heavy atom. The van der Waals surface area contributed by atoms with Crippen LogP contribution in [0.1, 0.15) is 25.3 Å². The average Bonchev–Trinajstić information content (AvgIpc) is 3.06. The van der Waals surface area contributed by atoms with E-state index in [1.165, 1.54) is 11.3 Å². The zero-order valence-corrected chi connectivity index (χ0v) is 13.2. The van der Waals surface area contributed by atoms with Crippen molar-refractivity contribution in [3.05, 3.63) is 29.0 Å². The molecule has 114 valence electrons. The molecule has 0 fully saturated rings. The van der Waals surface area contributed by atoms with Crippen molar-refractivity contribution in [1.82, 2.24) is 10.3 Å². The summed E-state index contributed by atoms with van der Waals surface area (Å²) < 4.78 is 5.52. The number of nitrogens with one attached hydrogen (secondary N) is 1. The highest BCUT2D eigenvalue weighted by molar-refractivity contribution is 7.13. The molecule has 2 aromatic rings. The fourth-order valence-corrected chi connectivity index (χ4v) is 2.60. The number of aliphatic hydroxyl groups is 1. The van der Waals surface area contributed by atoms with Gasteiger partial charge in [0.1, 0.15) is 5.76 Å². The van der Waals surface area contributed by atoms with Crippen molar-refractivity contribution in [1.29, 1.82) is 0 Å². The molecule has 0 saturated heterocycles. The van der Waals surface area contributed by atoms with Crippen molar-refractivity contribution in [2.24, 2.45) is 5.92 Å². The van der Waals surface area contributed by atoms with E-state index in [0.717, 1.165) is 22.2 Å². The highest BCUT2D eigenvalue weighted by atomic mass is 32.1. The van der Waals surface area contributed by atoms with E-state index in [-0.39, 0.29) is 30.9 Å². The molecule has 6 heteroatoms. The molecule has 2 heterocycles. The third-order valence-corrected chi connectivity index (χ3v) is 4.28. The van der Waals surface area contributed by atoms with E-state index in [2.05, 4.69) is 10.3 Å². The van der Waals surface area contributed by atoms with E-state index < -0.39 is 0 Å². The van der Waals surface area contributed by atoms with Gasteiger partial charge in [-0.3, -0.25) is 4.79 Å². The topological polar surface area (TPSA) is 75.4 Å². The summed E-state index contributed by atoms with van der Waals surface area (Å²) in [5.41, 5.74) is 0.727. The van der Waals surface area contributed by atoms with E-state index in [1.54, 1.807) is 0 Å². The van der Waals surface area contributed by atoms with Crippen LogP contribution < -0.4 is 5.32 Å². The fourth-order valence-electron chi connectivity index (χ4n) is 1.82. The first-order valence-electron chi connectivity index (χ1n) is 6.91. The summed E-state index contributed by atoms with van der Waals surface area (Å²) in [5, 5.41) is 14.6. The van der Waals surface area contributed by atoms with Gasteiger partial charge < -0.3 is 14.8 Å². The molecule has 0 saturated carbocycles. The fraction of sp³-hybridized carbons (Fsp3) is 0.467. The Balaban J connectivity index is 1.95. The number of thiazole rings is 1. The first kappa shape index (κ1) is 15.7. The minimum absolute atomic E-state index is 0.0334. The van der Waals surface area contributed by atoms with Gasteiger partial charge in [0.05, 0.1) is 12.1 Å². The van der Waals surface area contributed by atoms with E-state index in [1.807, 2.05) is 38.3 Å². The number of amides is 1. The molecule has 0 aliphatic rings. The number of nitrogens with zero attached hydrogens (tertiary/aromatic N) is 1. The summed E-state index contributed by atoms with van der Waals surface area (Å²) in [6.07, 6.45) is 0.235. The summed E-state index contributed by atoms with van der Waals surface area (Å²) in [5.74, 6) is 1.51. The van der Waals surface area contributed by atoms with Crippen LogP contribution in [0.15, 0.2) is 21.9 Å². The lowest BCUT2D eigenvalue weighted by atomic mass is 10.1. The predicted octanol–water partition coefficient (Wildman–Crippen LogP) is 2.39. The number of rotatable bonds is 6. The predicted molar refractivity (Wildman–Crippen MR) is 82.1 cm³/mol. The van der Waals surface area contributed by atoms with Gasteiger partial charge in [-0.2, -0.15) is 0 Å². The van der Waals surface area contributed by atoms with E-state index in [0.29, 0.717) is 0 Å². The Morgan fingerprint density at radius 1 is 1.48 bits per heavy atom. The van der Waals surface area contributed by atoms with Crippen molar-refractivity contribution in [3.63, 3.8) is 0 Å². The second kappa shape index (κ2) is 6.87. The maximum absolute atomic E-state index is 11.9. The minimum atomic E-state index is -0.0877. The number of aromatic nitrogens is 1. The van der Waals surface area contributed by atoms with Gasteiger partial charge in [-0.05, 0) is 31.9 Å². The van der Waals surface area contributed by atoms with Crippen LogP contribution in [0.3, 0.4) is 0 Å². The molecule has 0 bridgehead atoms. The van der Waals surface area contributed by atoms with Crippen LogP contribution in [0, 0.1) is 12.8 Å². The Hall–Kier alpha value is -1.66. The Morgan fingerprint density at radius 3 is 2.86 bits per heavy atom. The van der Waals surface area contributed by atoms with Crippen molar-refractivity contribution >= 4 is 17.2 Å². The van der Waals surface area contributed by atoms with Gasteiger partial charge in [0.25, 0.3) is 0 Å². The molecule has 0 aromatic carbocycles. The van der Waals surface area contributed by atoms with Crippen LogP contribution in [0.2, 0.25) is 0 Å². The van der Waals surface area contributed by atoms with Crippen LogP contribution in [0.4, 0.5) is 0 Å². The van der Waals surface area contributed by atoms with E-state index >= 15 is 0 Å². The molecule has 2 unspecified atom stereocenters. The average molecular weight is 308 g/mol. The van der Waals surface area contributed by atoms with Crippen LogP contribution in [-0.2, 0) is 11.2 Å². The molecule has 0 radical (unpaired) electrons. The zero-order valence-electron chi connectivity index (χ0n) is 12.4. The summed E-state index contributed by atoms with van der Waals surface area (Å²) in [4.78, 5) is 16.4. The van der Waals surface area contributed by atoms with Gasteiger partial charge in [-0.15, -0.1) is 11.3 Å². The Kier molecular flexibility index (Phi) is 5.14. The highest BCUT2D eigenvalue weighted by Gasteiger charge is 2.16. The second-order valence-corrected chi connectivity index (χ2v) is 6.11. The van der Waals surface area contributed by atoms with Crippen LogP contribution in [-0.4, -0.2) is 28.6 Å². The Labute approximate surface area is 128 Å². The third kappa shape index (κ3) is 4.15. The molecule has 2 N–H and O–H groups in total. The maximum Gasteiger partial charge on any atom is 0.226 e. The van der Waals surface area contributed by atoms with E-state index in [4.69, 9.17) is 9.52 Å². The molecule has 0 spiro atoms. The summed E-state index contributed by atoms with van der Waals surface area (Å²) in [6, 6.07) is 3.71. The standard InChI is InChI=1S/C15H20N2O3S/c1-9(7-18)11(3)16-14(19)6-12-8-21-15(17-12)13-5-4-10(2)20-13/h4-5,8-9,11,18H,6-7H2,1-3H3,(H,16,19). The molecule has 2 atom stereocenters. The van der Waals surface area contributed by atoms with Crippen molar-refractivity contribution in [3.8, 4) is 10.8 Å². The van der Waals surface area contributed by atoms with Gasteiger partial charge in [0.15, 0.2) is 10.8 Å². The summed E-state index contributed by atoms with van der Waals surface area (Å²) in [7, 11) is 0. The molecule has 2 aromatic heterocycles. The highest BCUT2D eigenvalue weighted by Crippen LogP contribution is 2.25. The third-order valence-electron chi connectivity index (χ3n) is 3.37. The first-order valence-corrected chi connectivity index (χ1v) is 7.79. The Bertz CT molecular complexity index is 606. The second-order valence-electron chi connectivity index (χ2n) is 5.25. The number of hydrogen-bond donors (Lipinski definition) is 2. The molecular weight excluding hydrogens is 288 g/mol.